The second-order valence-electron chi connectivity index (χ2n) is 9.10. The molecule has 39 heavy (non-hydrogen) atoms. The van der Waals surface area contributed by atoms with Crippen molar-refractivity contribution in [3.05, 3.63) is 118 Å². The molecule has 0 bridgehead atoms. The number of aromatic nitrogens is 1. The number of fused-ring (bicyclic) bond motifs is 1. The van der Waals surface area contributed by atoms with E-state index in [1.54, 1.807) is 25.1 Å². The van der Waals surface area contributed by atoms with E-state index in [1.165, 1.54) is 29.1 Å². The first-order valence-electron chi connectivity index (χ1n) is 12.3. The van der Waals surface area contributed by atoms with Crippen LogP contribution in [0.15, 0.2) is 80.1 Å². The van der Waals surface area contributed by atoms with Gasteiger partial charge in [0.05, 0.1) is 33.9 Å². The lowest BCUT2D eigenvalue weighted by atomic mass is 9.95. The van der Waals surface area contributed by atoms with Gasteiger partial charge >= 0.3 is 5.97 Å². The van der Waals surface area contributed by atoms with Gasteiger partial charge in [0.25, 0.3) is 11.2 Å². The molecule has 3 heterocycles. The van der Waals surface area contributed by atoms with E-state index in [1.807, 2.05) is 50.2 Å². The molecule has 0 fully saturated rings. The number of benzene rings is 2. The van der Waals surface area contributed by atoms with Gasteiger partial charge in [-0.15, -0.1) is 0 Å². The molecule has 1 aliphatic rings. The third-order valence-electron chi connectivity index (χ3n) is 6.79. The molecule has 0 radical (unpaired) electrons. The lowest BCUT2D eigenvalue weighted by molar-refractivity contribution is -0.385. The van der Waals surface area contributed by atoms with Gasteiger partial charge in [0.1, 0.15) is 11.5 Å². The highest BCUT2D eigenvalue weighted by molar-refractivity contribution is 7.07. The minimum absolute atomic E-state index is 0.0188. The highest BCUT2D eigenvalue weighted by Gasteiger charge is 2.33. The summed E-state index contributed by atoms with van der Waals surface area (Å²) in [6.45, 7) is 5.43. The van der Waals surface area contributed by atoms with Crippen molar-refractivity contribution in [3.63, 3.8) is 0 Å². The predicted molar refractivity (Wildman–Crippen MR) is 147 cm³/mol. The first kappa shape index (κ1) is 26.1. The summed E-state index contributed by atoms with van der Waals surface area (Å²) in [6, 6.07) is 15.4. The molecule has 0 aliphatic carbocycles. The van der Waals surface area contributed by atoms with Crippen molar-refractivity contribution in [2.75, 3.05) is 7.11 Å². The first-order valence-corrected chi connectivity index (χ1v) is 13.1. The van der Waals surface area contributed by atoms with E-state index < -0.39 is 16.9 Å². The van der Waals surface area contributed by atoms with Crippen LogP contribution in [-0.4, -0.2) is 22.6 Å². The summed E-state index contributed by atoms with van der Waals surface area (Å²) in [7, 11) is 1.31. The second-order valence-corrected chi connectivity index (χ2v) is 10.1. The Morgan fingerprint density at radius 2 is 1.95 bits per heavy atom. The number of nitrogens with zero attached hydrogens (tertiary/aromatic N) is 3. The zero-order valence-corrected chi connectivity index (χ0v) is 22.6. The van der Waals surface area contributed by atoms with E-state index in [4.69, 9.17) is 9.15 Å². The maximum atomic E-state index is 13.7. The van der Waals surface area contributed by atoms with Crippen LogP contribution >= 0.6 is 11.3 Å². The Balaban J connectivity index is 1.64. The predicted octanol–water partition coefficient (Wildman–Crippen LogP) is 4.58. The van der Waals surface area contributed by atoms with E-state index >= 15 is 0 Å². The number of carbonyl (C=O) groups is 1. The topological polar surface area (TPSA) is 117 Å². The van der Waals surface area contributed by atoms with Crippen LogP contribution in [-0.2, 0) is 9.53 Å². The smallest absolute Gasteiger partial charge is 0.338 e. The van der Waals surface area contributed by atoms with E-state index in [-0.39, 0.29) is 11.2 Å². The quantitative estimate of drug-likeness (QED) is 0.200. The summed E-state index contributed by atoms with van der Waals surface area (Å²) in [5, 5.41) is 11.5. The minimum atomic E-state index is -0.685. The third kappa shape index (κ3) is 4.63. The van der Waals surface area contributed by atoms with Gasteiger partial charge in [0, 0.05) is 23.3 Å². The van der Waals surface area contributed by atoms with Gasteiger partial charge in [-0.3, -0.25) is 19.5 Å². The average Bonchev–Trinajstić information content (AvgIpc) is 3.53. The van der Waals surface area contributed by atoms with Crippen LogP contribution in [0, 0.1) is 24.0 Å². The molecule has 10 heteroatoms. The van der Waals surface area contributed by atoms with Gasteiger partial charge in [-0.1, -0.05) is 48.6 Å². The number of nitro benzene ring substituents is 1. The van der Waals surface area contributed by atoms with Crippen molar-refractivity contribution in [2.45, 2.75) is 33.2 Å². The molecule has 0 saturated heterocycles. The molecule has 198 valence electrons. The fraction of sp³-hybridized carbons (Fsp3) is 0.207. The third-order valence-corrected chi connectivity index (χ3v) is 7.77. The van der Waals surface area contributed by atoms with Gasteiger partial charge in [0.15, 0.2) is 4.80 Å². The Hall–Kier alpha value is -4.57. The standard InChI is InChI=1S/C29H25N3O6S/c1-5-21-25(28(34)37-4)26(18-9-7-6-8-10-18)31-27(33)24(39-29(31)30-21)15-20-11-12-23(38-20)19-13-16(2)17(3)22(14-19)32(35)36/h6-15,26H,5H2,1-4H3/b24-15+/t26-/m1/s1. The highest BCUT2D eigenvalue weighted by atomic mass is 32.1. The molecule has 0 spiro atoms. The number of ether oxygens (including phenoxy) is 1. The van der Waals surface area contributed by atoms with E-state index in [0.29, 0.717) is 49.7 Å². The summed E-state index contributed by atoms with van der Waals surface area (Å²) >= 11 is 1.20. The van der Waals surface area contributed by atoms with Crippen molar-refractivity contribution in [1.82, 2.24) is 4.57 Å². The molecule has 4 aromatic rings. The maximum absolute atomic E-state index is 13.7. The van der Waals surface area contributed by atoms with Gasteiger partial charge in [0.2, 0.25) is 0 Å². The molecule has 2 aromatic heterocycles. The van der Waals surface area contributed by atoms with Crippen LogP contribution in [0.2, 0.25) is 0 Å². The molecule has 1 aliphatic heterocycles. The van der Waals surface area contributed by atoms with Crippen LogP contribution in [0.25, 0.3) is 17.4 Å². The number of aryl methyl sites for hydroxylation is 1. The van der Waals surface area contributed by atoms with Gasteiger partial charge < -0.3 is 9.15 Å². The average molecular weight is 544 g/mol. The van der Waals surface area contributed by atoms with Crippen molar-refractivity contribution >= 4 is 29.1 Å². The number of hydrogen-bond donors (Lipinski definition) is 0. The molecule has 0 unspecified atom stereocenters. The summed E-state index contributed by atoms with van der Waals surface area (Å²) in [4.78, 5) is 42.8. The SMILES string of the molecule is CCC1=C(C(=O)OC)[C@@H](c2ccccc2)n2c(s/c(=C/c3ccc(-c4cc(C)c(C)c([N+](=O)[O-])c4)o3)c2=O)=N1. The molecule has 0 N–H and O–H groups in total. The summed E-state index contributed by atoms with van der Waals surface area (Å²) in [5.74, 6) is 0.329. The largest absolute Gasteiger partial charge is 0.466 e. The monoisotopic (exact) mass is 543 g/mol. The van der Waals surface area contributed by atoms with E-state index in [9.17, 15) is 19.7 Å². The number of allylic oxidation sites excluding steroid dienone is 1. The fourth-order valence-electron chi connectivity index (χ4n) is 4.70. The molecule has 0 saturated carbocycles. The Labute approximate surface area is 227 Å². The van der Waals surface area contributed by atoms with Crippen molar-refractivity contribution < 1.29 is 18.9 Å². The zero-order valence-electron chi connectivity index (χ0n) is 21.8. The van der Waals surface area contributed by atoms with Crippen molar-refractivity contribution in [2.24, 2.45) is 4.99 Å². The molecule has 9 nitrogen and oxygen atoms in total. The summed E-state index contributed by atoms with van der Waals surface area (Å²) in [6.07, 6.45) is 2.11. The second kappa shape index (κ2) is 10.3. The normalized spacial score (nSPS) is 15.2. The van der Waals surface area contributed by atoms with Crippen LogP contribution in [0.5, 0.6) is 0 Å². The van der Waals surface area contributed by atoms with Crippen LogP contribution < -0.4 is 14.9 Å². The van der Waals surface area contributed by atoms with Crippen LogP contribution in [0.3, 0.4) is 0 Å². The molecule has 1 atom stereocenters. The molecular formula is C29H25N3O6S. The number of nitro groups is 1. The van der Waals surface area contributed by atoms with Crippen molar-refractivity contribution in [1.29, 1.82) is 0 Å². The van der Waals surface area contributed by atoms with E-state index in [2.05, 4.69) is 4.99 Å². The Bertz CT molecular complexity index is 1830. The highest BCUT2D eigenvalue weighted by Crippen LogP contribution is 2.32. The Morgan fingerprint density at radius 1 is 1.21 bits per heavy atom. The lowest BCUT2D eigenvalue weighted by Crippen LogP contribution is -2.40. The number of hydrogen-bond acceptors (Lipinski definition) is 8. The Kier molecular flexibility index (Phi) is 6.88. The number of carbonyl (C=O) groups excluding carboxylic acids is 1. The summed E-state index contributed by atoms with van der Waals surface area (Å²) in [5.41, 5.74) is 3.33. The number of furan rings is 1. The van der Waals surface area contributed by atoms with E-state index in [0.717, 1.165) is 11.1 Å². The van der Waals surface area contributed by atoms with Crippen molar-refractivity contribution in [3.8, 4) is 11.3 Å². The summed E-state index contributed by atoms with van der Waals surface area (Å²) < 4.78 is 13.0. The number of esters is 1. The number of rotatable bonds is 6. The minimum Gasteiger partial charge on any atom is -0.466 e. The Morgan fingerprint density at radius 3 is 2.62 bits per heavy atom. The van der Waals surface area contributed by atoms with Gasteiger partial charge in [-0.25, -0.2) is 9.79 Å². The first-order chi connectivity index (χ1) is 18.7. The number of methoxy groups -OCH3 is 1. The fourth-order valence-corrected chi connectivity index (χ4v) is 5.70. The van der Waals surface area contributed by atoms with Gasteiger partial charge in [-0.05, 0) is 49.6 Å². The lowest BCUT2D eigenvalue weighted by Gasteiger charge is -2.25. The van der Waals surface area contributed by atoms with Crippen LogP contribution in [0.4, 0.5) is 5.69 Å². The van der Waals surface area contributed by atoms with Crippen LogP contribution in [0.1, 0.15) is 41.8 Å². The maximum Gasteiger partial charge on any atom is 0.338 e. The molecular weight excluding hydrogens is 518 g/mol. The zero-order chi connectivity index (χ0) is 27.8. The molecule has 2 aromatic carbocycles. The van der Waals surface area contributed by atoms with Gasteiger partial charge in [-0.2, -0.15) is 0 Å². The molecule has 5 rings (SSSR count). The number of thiazole rings is 1. The molecule has 0 amide bonds.